The van der Waals surface area contributed by atoms with Crippen LogP contribution >= 0.6 is 11.3 Å². The van der Waals surface area contributed by atoms with E-state index >= 15 is 0 Å². The summed E-state index contributed by atoms with van der Waals surface area (Å²) < 4.78 is 0. The Labute approximate surface area is 140 Å². The van der Waals surface area contributed by atoms with E-state index in [2.05, 4.69) is 27.7 Å². The average Bonchev–Trinajstić information content (AvgIpc) is 3.08. The summed E-state index contributed by atoms with van der Waals surface area (Å²) in [5, 5.41) is 7.36. The van der Waals surface area contributed by atoms with Gasteiger partial charge in [0, 0.05) is 17.0 Å². The fraction of sp³-hybridized carbons (Fsp3) is 0.211. The molecular weight excluding hydrogens is 304 g/mol. The van der Waals surface area contributed by atoms with Crippen molar-refractivity contribution in [3.05, 3.63) is 70.4 Å². The van der Waals surface area contributed by atoms with Gasteiger partial charge in [-0.1, -0.05) is 36.4 Å². The molecule has 0 radical (unpaired) electrons. The number of thiophene rings is 1. The Morgan fingerprint density at radius 2 is 1.87 bits per heavy atom. The lowest BCUT2D eigenvalue weighted by molar-refractivity contribution is 0.0942. The highest BCUT2D eigenvalue weighted by Crippen LogP contribution is 2.22. The van der Waals surface area contributed by atoms with E-state index in [0.717, 1.165) is 10.8 Å². The van der Waals surface area contributed by atoms with E-state index in [0.29, 0.717) is 12.1 Å². The molecule has 4 heteroatoms. The predicted octanol–water partition coefficient (Wildman–Crippen LogP) is 3.93. The molecule has 3 rings (SSSR count). The molecule has 0 saturated heterocycles. The van der Waals surface area contributed by atoms with Crippen LogP contribution < -0.4 is 5.32 Å². The second kappa shape index (κ2) is 6.94. The van der Waals surface area contributed by atoms with Crippen LogP contribution in [0.5, 0.6) is 0 Å². The lowest BCUT2D eigenvalue weighted by Crippen LogP contribution is -2.34. The zero-order valence-electron chi connectivity index (χ0n) is 13.3. The van der Waals surface area contributed by atoms with E-state index < -0.39 is 0 Å². The van der Waals surface area contributed by atoms with Gasteiger partial charge < -0.3 is 10.2 Å². The van der Waals surface area contributed by atoms with Crippen LogP contribution in [0.2, 0.25) is 0 Å². The number of carbonyl (C=O) groups excluding carboxylic acids is 1. The molecule has 2 aromatic carbocycles. The molecule has 0 spiro atoms. The fourth-order valence-corrected chi connectivity index (χ4v) is 3.56. The van der Waals surface area contributed by atoms with E-state index in [1.54, 1.807) is 11.3 Å². The number of hydrogen-bond donors (Lipinski definition) is 1. The number of hydrogen-bond acceptors (Lipinski definition) is 3. The van der Waals surface area contributed by atoms with Crippen molar-refractivity contribution in [1.82, 2.24) is 10.2 Å². The Morgan fingerprint density at radius 1 is 1.09 bits per heavy atom. The molecule has 1 aromatic heterocycles. The maximum absolute atomic E-state index is 12.5. The van der Waals surface area contributed by atoms with Gasteiger partial charge in [0.15, 0.2) is 0 Å². The molecule has 0 saturated carbocycles. The van der Waals surface area contributed by atoms with Gasteiger partial charge in [0.05, 0.1) is 6.04 Å². The van der Waals surface area contributed by atoms with Crippen LogP contribution in [0.15, 0.2) is 60.0 Å². The van der Waals surface area contributed by atoms with E-state index in [1.807, 2.05) is 56.6 Å². The van der Waals surface area contributed by atoms with Gasteiger partial charge in [0.1, 0.15) is 0 Å². The van der Waals surface area contributed by atoms with Crippen LogP contribution in [0.4, 0.5) is 0 Å². The van der Waals surface area contributed by atoms with Crippen molar-refractivity contribution in [1.29, 1.82) is 0 Å². The van der Waals surface area contributed by atoms with Crippen molar-refractivity contribution in [3.8, 4) is 0 Å². The molecule has 23 heavy (non-hydrogen) atoms. The van der Waals surface area contributed by atoms with E-state index in [-0.39, 0.29) is 11.9 Å². The molecule has 1 atom stereocenters. The first-order valence-electron chi connectivity index (χ1n) is 7.62. The summed E-state index contributed by atoms with van der Waals surface area (Å²) in [5.74, 6) is -0.0286. The molecule has 0 aliphatic heterocycles. The lowest BCUT2D eigenvalue weighted by Gasteiger charge is -2.23. The van der Waals surface area contributed by atoms with Crippen molar-refractivity contribution < 1.29 is 4.79 Å². The maximum Gasteiger partial charge on any atom is 0.251 e. The summed E-state index contributed by atoms with van der Waals surface area (Å²) in [6, 6.07) is 18.2. The van der Waals surface area contributed by atoms with Crippen LogP contribution in [0, 0.1) is 0 Å². The third kappa shape index (κ3) is 3.60. The summed E-state index contributed by atoms with van der Waals surface area (Å²) in [4.78, 5) is 15.8. The monoisotopic (exact) mass is 324 g/mol. The van der Waals surface area contributed by atoms with Gasteiger partial charge in [-0.15, -0.1) is 11.3 Å². The van der Waals surface area contributed by atoms with Crippen molar-refractivity contribution in [3.63, 3.8) is 0 Å². The SMILES string of the molecule is CN(C)C(CNC(=O)c1ccc2ccccc2c1)c1cccs1. The standard InChI is InChI=1S/C19H20N2OS/c1-21(2)17(18-8-5-11-23-18)13-20-19(22)16-10-9-14-6-3-4-7-15(14)12-16/h3-12,17H,13H2,1-2H3,(H,20,22). The van der Waals surface area contributed by atoms with Gasteiger partial charge in [0.2, 0.25) is 0 Å². The minimum Gasteiger partial charge on any atom is -0.350 e. The van der Waals surface area contributed by atoms with E-state index in [4.69, 9.17) is 0 Å². The Hall–Kier alpha value is -2.17. The molecule has 1 heterocycles. The third-order valence-corrected chi connectivity index (χ3v) is 4.94. The number of carbonyl (C=O) groups is 1. The molecule has 0 aliphatic rings. The topological polar surface area (TPSA) is 32.3 Å². The Balaban J connectivity index is 1.72. The van der Waals surface area contributed by atoms with E-state index in [9.17, 15) is 4.79 Å². The third-order valence-electron chi connectivity index (χ3n) is 3.96. The van der Waals surface area contributed by atoms with Crippen LogP contribution in [0.3, 0.4) is 0 Å². The Morgan fingerprint density at radius 3 is 2.57 bits per heavy atom. The minimum atomic E-state index is -0.0286. The molecule has 1 amide bonds. The van der Waals surface area contributed by atoms with Gasteiger partial charge >= 0.3 is 0 Å². The zero-order valence-corrected chi connectivity index (χ0v) is 14.1. The van der Waals surface area contributed by atoms with Crippen molar-refractivity contribution in [2.75, 3.05) is 20.6 Å². The summed E-state index contributed by atoms with van der Waals surface area (Å²) in [5.41, 5.74) is 0.701. The number of fused-ring (bicyclic) bond motifs is 1. The first-order chi connectivity index (χ1) is 11.1. The largest absolute Gasteiger partial charge is 0.350 e. The normalized spacial score (nSPS) is 12.5. The van der Waals surface area contributed by atoms with Crippen LogP contribution in [-0.4, -0.2) is 31.4 Å². The quantitative estimate of drug-likeness (QED) is 0.771. The molecule has 3 aromatic rings. The highest BCUT2D eigenvalue weighted by molar-refractivity contribution is 7.10. The minimum absolute atomic E-state index is 0.0286. The number of nitrogens with one attached hydrogen (secondary N) is 1. The van der Waals surface area contributed by atoms with Crippen LogP contribution in [-0.2, 0) is 0 Å². The van der Waals surface area contributed by atoms with Gasteiger partial charge in [-0.3, -0.25) is 4.79 Å². The Kier molecular flexibility index (Phi) is 4.74. The summed E-state index contributed by atoms with van der Waals surface area (Å²) in [6.07, 6.45) is 0. The molecular formula is C19H20N2OS. The molecule has 3 nitrogen and oxygen atoms in total. The number of benzene rings is 2. The van der Waals surface area contributed by atoms with E-state index in [1.165, 1.54) is 4.88 Å². The number of rotatable bonds is 5. The molecule has 1 N–H and O–H groups in total. The highest BCUT2D eigenvalue weighted by Gasteiger charge is 2.16. The molecule has 0 aliphatic carbocycles. The molecule has 118 valence electrons. The highest BCUT2D eigenvalue weighted by atomic mass is 32.1. The second-order valence-electron chi connectivity index (χ2n) is 5.77. The second-order valence-corrected chi connectivity index (χ2v) is 6.75. The first-order valence-corrected chi connectivity index (χ1v) is 8.50. The fourth-order valence-electron chi connectivity index (χ4n) is 2.64. The Bertz CT molecular complexity index is 796. The number of likely N-dealkylation sites (N-methyl/N-ethyl adjacent to an activating group) is 1. The van der Waals surface area contributed by atoms with Gasteiger partial charge in [0.25, 0.3) is 5.91 Å². The summed E-state index contributed by atoms with van der Waals surface area (Å²) in [7, 11) is 4.07. The molecule has 0 bridgehead atoms. The number of amides is 1. The van der Waals surface area contributed by atoms with Crippen molar-refractivity contribution in [2.45, 2.75) is 6.04 Å². The molecule has 1 unspecified atom stereocenters. The molecule has 0 fully saturated rings. The summed E-state index contributed by atoms with van der Waals surface area (Å²) >= 11 is 1.72. The van der Waals surface area contributed by atoms with Crippen LogP contribution in [0.25, 0.3) is 10.8 Å². The van der Waals surface area contributed by atoms with Gasteiger partial charge in [-0.05, 0) is 48.4 Å². The average molecular weight is 324 g/mol. The number of nitrogens with zero attached hydrogens (tertiary/aromatic N) is 1. The maximum atomic E-state index is 12.5. The first kappa shape index (κ1) is 15.7. The smallest absolute Gasteiger partial charge is 0.251 e. The van der Waals surface area contributed by atoms with Crippen LogP contribution in [0.1, 0.15) is 21.3 Å². The predicted molar refractivity (Wildman–Crippen MR) is 97.0 cm³/mol. The van der Waals surface area contributed by atoms with Crippen molar-refractivity contribution >= 4 is 28.0 Å². The van der Waals surface area contributed by atoms with Gasteiger partial charge in [-0.2, -0.15) is 0 Å². The summed E-state index contributed by atoms with van der Waals surface area (Å²) in [6.45, 7) is 0.596. The lowest BCUT2D eigenvalue weighted by atomic mass is 10.1. The van der Waals surface area contributed by atoms with Gasteiger partial charge in [-0.25, -0.2) is 0 Å². The van der Waals surface area contributed by atoms with Crippen molar-refractivity contribution in [2.24, 2.45) is 0 Å². The zero-order chi connectivity index (χ0) is 16.2.